The topological polar surface area (TPSA) is 95.5 Å². The number of sulfonamides is 1. The van der Waals surface area contributed by atoms with Gasteiger partial charge in [-0.25, -0.2) is 13.4 Å². The molecule has 0 saturated heterocycles. The number of rotatable bonds is 4. The maximum atomic E-state index is 12.9. The van der Waals surface area contributed by atoms with Crippen LogP contribution in [-0.4, -0.2) is 62.8 Å². The largest absolute Gasteiger partial charge is 0.362 e. The molecule has 1 aliphatic heterocycles. The molecule has 0 radical (unpaired) electrons. The molecule has 0 atom stereocenters. The van der Waals surface area contributed by atoms with Crippen LogP contribution in [0.1, 0.15) is 21.6 Å². The number of aromatic nitrogens is 2. The van der Waals surface area contributed by atoms with E-state index in [1.165, 1.54) is 10.5 Å². The lowest BCUT2D eigenvalue weighted by Gasteiger charge is -2.19. The normalized spacial score (nSPS) is 14.9. The lowest BCUT2D eigenvalue weighted by molar-refractivity contribution is 0.0963. The van der Waals surface area contributed by atoms with Gasteiger partial charge in [0.1, 0.15) is 10.7 Å². The first-order chi connectivity index (χ1) is 12.8. The molecule has 2 aromatic heterocycles. The molecule has 0 aromatic carbocycles. The zero-order valence-corrected chi connectivity index (χ0v) is 16.5. The fraction of sp³-hybridized carbons (Fsp3) is 0.389. The summed E-state index contributed by atoms with van der Waals surface area (Å²) >= 11 is 0. The lowest BCUT2D eigenvalue weighted by Crippen LogP contribution is -2.33. The molecule has 1 aliphatic rings. The van der Waals surface area contributed by atoms with Crippen LogP contribution in [0.4, 0.5) is 5.82 Å². The van der Waals surface area contributed by atoms with E-state index in [4.69, 9.17) is 0 Å². The van der Waals surface area contributed by atoms with E-state index in [-0.39, 0.29) is 10.8 Å². The summed E-state index contributed by atoms with van der Waals surface area (Å²) in [6.45, 7) is 0.670. The molecule has 2 aromatic rings. The number of nitrogens with one attached hydrogen (secondary N) is 1. The zero-order chi connectivity index (χ0) is 19.6. The van der Waals surface area contributed by atoms with Crippen LogP contribution in [0.15, 0.2) is 35.5 Å². The highest BCUT2D eigenvalue weighted by Gasteiger charge is 2.28. The number of pyridine rings is 2. The summed E-state index contributed by atoms with van der Waals surface area (Å²) in [5, 5.41) is 2.63. The van der Waals surface area contributed by atoms with Crippen LogP contribution in [0.5, 0.6) is 0 Å². The van der Waals surface area contributed by atoms with Crippen molar-refractivity contribution >= 4 is 21.7 Å². The van der Waals surface area contributed by atoms with Gasteiger partial charge in [0, 0.05) is 58.7 Å². The predicted molar refractivity (Wildman–Crippen MR) is 102 cm³/mol. The third kappa shape index (κ3) is 3.79. The van der Waals surface area contributed by atoms with E-state index in [1.807, 2.05) is 20.2 Å². The van der Waals surface area contributed by atoms with Gasteiger partial charge in [-0.1, -0.05) is 0 Å². The highest BCUT2D eigenvalue weighted by atomic mass is 32.2. The van der Waals surface area contributed by atoms with E-state index in [2.05, 4.69) is 15.3 Å². The Morgan fingerprint density at radius 1 is 1.26 bits per heavy atom. The number of fused-ring (bicyclic) bond motifs is 1. The van der Waals surface area contributed by atoms with Crippen molar-refractivity contribution in [2.75, 3.05) is 39.1 Å². The third-order valence-electron chi connectivity index (χ3n) is 4.57. The van der Waals surface area contributed by atoms with Crippen molar-refractivity contribution in [3.05, 3.63) is 47.4 Å². The van der Waals surface area contributed by atoms with Gasteiger partial charge in [0.05, 0.1) is 5.56 Å². The Bertz CT molecular complexity index is 945. The first-order valence-corrected chi connectivity index (χ1v) is 10.1. The van der Waals surface area contributed by atoms with Crippen molar-refractivity contribution in [3.63, 3.8) is 0 Å². The van der Waals surface area contributed by atoms with Crippen LogP contribution in [0.2, 0.25) is 0 Å². The lowest BCUT2D eigenvalue weighted by atomic mass is 10.0. The van der Waals surface area contributed by atoms with Crippen molar-refractivity contribution in [2.45, 2.75) is 17.7 Å². The van der Waals surface area contributed by atoms with Crippen molar-refractivity contribution in [1.29, 1.82) is 0 Å². The van der Waals surface area contributed by atoms with Gasteiger partial charge < -0.3 is 10.2 Å². The SMILES string of the molecule is CNC(=O)c1cc2c(nc1N(C)C)CCN(S(=O)(=O)c1cccnc1)CC2. The molecule has 8 nitrogen and oxygen atoms in total. The molecule has 1 amide bonds. The van der Waals surface area contributed by atoms with E-state index < -0.39 is 10.0 Å². The molecule has 3 rings (SSSR count). The molecule has 0 aliphatic carbocycles. The Kier molecular flexibility index (Phi) is 5.43. The smallest absolute Gasteiger partial charge is 0.254 e. The number of amides is 1. The van der Waals surface area contributed by atoms with Crippen LogP contribution in [0, 0.1) is 0 Å². The summed E-state index contributed by atoms with van der Waals surface area (Å²) in [4.78, 5) is 22.8. The van der Waals surface area contributed by atoms with Crippen LogP contribution in [0.25, 0.3) is 0 Å². The first-order valence-electron chi connectivity index (χ1n) is 8.67. The number of hydrogen-bond donors (Lipinski definition) is 1. The Hall–Kier alpha value is -2.52. The number of anilines is 1. The number of nitrogens with zero attached hydrogens (tertiary/aromatic N) is 4. The van der Waals surface area contributed by atoms with Gasteiger partial charge in [-0.15, -0.1) is 0 Å². The average molecular weight is 389 g/mol. The fourth-order valence-electron chi connectivity index (χ4n) is 3.13. The molecule has 0 unspecified atom stereocenters. The van der Waals surface area contributed by atoms with Gasteiger partial charge >= 0.3 is 0 Å². The first kappa shape index (κ1) is 19.2. The molecule has 0 bridgehead atoms. The number of carbonyl (C=O) groups is 1. The second kappa shape index (κ2) is 7.61. The van der Waals surface area contributed by atoms with Gasteiger partial charge in [-0.2, -0.15) is 4.31 Å². The van der Waals surface area contributed by atoms with Crippen LogP contribution >= 0.6 is 0 Å². The molecule has 144 valence electrons. The molecule has 0 spiro atoms. The number of hydrogen-bond acceptors (Lipinski definition) is 6. The van der Waals surface area contributed by atoms with Crippen LogP contribution in [0.3, 0.4) is 0 Å². The minimum atomic E-state index is -3.61. The predicted octanol–water partition coefficient (Wildman–Crippen LogP) is 0.692. The Morgan fingerprint density at radius 3 is 2.63 bits per heavy atom. The van der Waals surface area contributed by atoms with E-state index in [1.54, 1.807) is 30.3 Å². The van der Waals surface area contributed by atoms with Crippen molar-refractivity contribution < 1.29 is 13.2 Å². The molecule has 1 N–H and O–H groups in total. The standard InChI is InChI=1S/C18H23N5O3S/c1-19-18(24)15-11-13-6-9-23(10-7-16(13)21-17(15)22(2)3)27(25,26)14-5-4-8-20-12-14/h4-5,8,11-12H,6-7,9-10H2,1-3H3,(H,19,24). The van der Waals surface area contributed by atoms with Gasteiger partial charge in [0.15, 0.2) is 0 Å². The second-order valence-corrected chi connectivity index (χ2v) is 8.47. The molecule has 0 fully saturated rings. The maximum Gasteiger partial charge on any atom is 0.254 e. The third-order valence-corrected chi connectivity index (χ3v) is 6.45. The summed E-state index contributed by atoms with van der Waals surface area (Å²) in [6.07, 6.45) is 3.90. The maximum absolute atomic E-state index is 12.9. The summed E-state index contributed by atoms with van der Waals surface area (Å²) in [6, 6.07) is 4.99. The van der Waals surface area contributed by atoms with Crippen molar-refractivity contribution in [1.82, 2.24) is 19.6 Å². The highest BCUT2D eigenvalue weighted by Crippen LogP contribution is 2.25. The molecule has 9 heteroatoms. The van der Waals surface area contributed by atoms with Crippen LogP contribution < -0.4 is 10.2 Å². The van der Waals surface area contributed by atoms with Crippen LogP contribution in [-0.2, 0) is 22.9 Å². The van der Waals surface area contributed by atoms with Crippen molar-refractivity contribution in [3.8, 4) is 0 Å². The minimum Gasteiger partial charge on any atom is -0.362 e. The average Bonchev–Trinajstić information content (AvgIpc) is 2.89. The number of carbonyl (C=O) groups excluding carboxylic acids is 1. The van der Waals surface area contributed by atoms with E-state index in [0.717, 1.165) is 11.3 Å². The highest BCUT2D eigenvalue weighted by molar-refractivity contribution is 7.89. The zero-order valence-electron chi connectivity index (χ0n) is 15.6. The molecule has 0 saturated carbocycles. The fourth-order valence-corrected chi connectivity index (χ4v) is 4.54. The summed E-state index contributed by atoms with van der Waals surface area (Å²) in [5.41, 5.74) is 2.23. The van der Waals surface area contributed by atoms with Gasteiger partial charge in [0.25, 0.3) is 5.91 Å². The Balaban J connectivity index is 1.93. The molecular weight excluding hydrogens is 366 g/mol. The summed E-state index contributed by atoms with van der Waals surface area (Å²) in [5.74, 6) is 0.370. The second-order valence-electron chi connectivity index (χ2n) is 6.53. The molecule has 27 heavy (non-hydrogen) atoms. The summed E-state index contributed by atoms with van der Waals surface area (Å²) in [7, 11) is 1.63. The van der Waals surface area contributed by atoms with Gasteiger partial charge in [-0.05, 0) is 30.2 Å². The monoisotopic (exact) mass is 389 g/mol. The van der Waals surface area contributed by atoms with Crippen molar-refractivity contribution in [2.24, 2.45) is 0 Å². The Labute approximate surface area is 159 Å². The minimum absolute atomic E-state index is 0.184. The quantitative estimate of drug-likeness (QED) is 0.827. The summed E-state index contributed by atoms with van der Waals surface area (Å²) < 4.78 is 27.2. The van der Waals surface area contributed by atoms with E-state index in [0.29, 0.717) is 37.3 Å². The van der Waals surface area contributed by atoms with E-state index >= 15 is 0 Å². The van der Waals surface area contributed by atoms with Gasteiger partial charge in [-0.3, -0.25) is 9.78 Å². The Morgan fingerprint density at radius 2 is 2.00 bits per heavy atom. The molecular formula is C18H23N5O3S. The van der Waals surface area contributed by atoms with Gasteiger partial charge in [0.2, 0.25) is 10.0 Å². The molecule has 3 heterocycles. The van der Waals surface area contributed by atoms with E-state index in [9.17, 15) is 13.2 Å².